The van der Waals surface area contributed by atoms with Gasteiger partial charge in [-0.15, -0.1) is 0 Å². The Bertz CT molecular complexity index is 389. The van der Waals surface area contributed by atoms with Gasteiger partial charge in [-0.3, -0.25) is 0 Å². The number of nitrogens with one attached hydrogen (secondary N) is 1. The monoisotopic (exact) mass is 340 g/mol. The van der Waals surface area contributed by atoms with E-state index in [-0.39, 0.29) is 5.54 Å². The first-order chi connectivity index (χ1) is 11.2. The normalized spacial score (nSPS) is 13.0. The van der Waals surface area contributed by atoms with E-state index in [0.29, 0.717) is 26.4 Å². The minimum Gasteiger partial charge on any atom is -0.385 e. The molecule has 0 saturated carbocycles. The third-order valence-corrected chi connectivity index (χ3v) is 7.30. The molecule has 132 valence electrons. The molecule has 0 aliphatic carbocycles. The van der Waals surface area contributed by atoms with Crippen molar-refractivity contribution in [1.82, 2.24) is 0 Å². The highest BCUT2D eigenvalue weighted by Crippen LogP contribution is 2.32. The van der Waals surface area contributed by atoms with Gasteiger partial charge in [-0.1, -0.05) is 18.2 Å². The van der Waals surface area contributed by atoms with Crippen molar-refractivity contribution >= 4 is 14.5 Å². The van der Waals surface area contributed by atoms with E-state index < -0.39 is 8.80 Å². The summed E-state index contributed by atoms with van der Waals surface area (Å²) in [5, 5.41) is 3.45. The van der Waals surface area contributed by atoms with E-state index >= 15 is 0 Å². The van der Waals surface area contributed by atoms with Crippen molar-refractivity contribution in [3.63, 3.8) is 0 Å². The maximum Gasteiger partial charge on any atom is 0.504 e. The fourth-order valence-corrected chi connectivity index (χ4v) is 5.91. The van der Waals surface area contributed by atoms with Gasteiger partial charge in [0.2, 0.25) is 0 Å². The lowest BCUT2D eigenvalue weighted by molar-refractivity contribution is 0.0592. The molecule has 0 radical (unpaired) electrons. The summed E-state index contributed by atoms with van der Waals surface area (Å²) in [7, 11) is -2.70. The minimum absolute atomic E-state index is 0.212. The molecule has 0 bridgehead atoms. The molecule has 0 amide bonds. The van der Waals surface area contributed by atoms with Crippen LogP contribution in [0.1, 0.15) is 33.6 Å². The largest absolute Gasteiger partial charge is 0.504 e. The molecule has 0 aliphatic rings. The highest BCUT2D eigenvalue weighted by Gasteiger charge is 2.48. The van der Waals surface area contributed by atoms with Gasteiger partial charge in [0.1, 0.15) is 0 Å². The van der Waals surface area contributed by atoms with Gasteiger partial charge in [0.15, 0.2) is 0 Å². The fraction of sp³-hybridized carbons (Fsp3) is 0.647. The van der Waals surface area contributed by atoms with Gasteiger partial charge in [-0.25, -0.2) is 0 Å². The van der Waals surface area contributed by atoms with Crippen LogP contribution < -0.4 is 11.1 Å². The first-order valence-corrected chi connectivity index (χ1v) is 10.4. The predicted molar refractivity (Wildman–Crippen MR) is 97.6 cm³/mol. The number of nitrogens with two attached hydrogens (primary N) is 1. The standard InChI is InChI=1S/C17H32N2O3Si/c1-4-20-23(21-5-2,22-6-3)17(12-14-18)13-15-19-16-10-8-7-9-11-16/h7-11,17,19H,4-6,12-15,18H2,1-3H3. The SMILES string of the molecule is CCO[Si](OCC)(OCC)C(CCN)CCNc1ccccc1. The summed E-state index contributed by atoms with van der Waals surface area (Å²) in [5.74, 6) is 0. The predicted octanol–water partition coefficient (Wildman–Crippen LogP) is 3.26. The molecule has 0 heterocycles. The quantitative estimate of drug-likeness (QED) is 0.540. The van der Waals surface area contributed by atoms with Crippen LogP contribution in [0.25, 0.3) is 0 Å². The maximum absolute atomic E-state index is 6.04. The molecule has 23 heavy (non-hydrogen) atoms. The lowest BCUT2D eigenvalue weighted by Gasteiger charge is -2.35. The van der Waals surface area contributed by atoms with Gasteiger partial charge in [-0.05, 0) is 52.3 Å². The van der Waals surface area contributed by atoms with E-state index in [1.807, 2.05) is 39.0 Å². The molecule has 6 heteroatoms. The van der Waals surface area contributed by atoms with E-state index in [1.54, 1.807) is 0 Å². The Balaban J connectivity index is 2.73. The zero-order chi connectivity index (χ0) is 17.0. The van der Waals surface area contributed by atoms with Gasteiger partial charge in [0.25, 0.3) is 0 Å². The number of anilines is 1. The smallest absolute Gasteiger partial charge is 0.385 e. The molecule has 1 aromatic carbocycles. The van der Waals surface area contributed by atoms with Crippen molar-refractivity contribution in [2.75, 3.05) is 38.2 Å². The van der Waals surface area contributed by atoms with Gasteiger partial charge >= 0.3 is 8.80 Å². The fourth-order valence-electron chi connectivity index (χ4n) is 2.73. The molecular formula is C17H32N2O3Si. The van der Waals surface area contributed by atoms with E-state index in [2.05, 4.69) is 17.4 Å². The average molecular weight is 341 g/mol. The second-order valence-corrected chi connectivity index (χ2v) is 8.15. The van der Waals surface area contributed by atoms with Crippen molar-refractivity contribution in [1.29, 1.82) is 0 Å². The summed E-state index contributed by atoms with van der Waals surface area (Å²) in [6.07, 6.45) is 1.76. The van der Waals surface area contributed by atoms with Gasteiger partial charge in [-0.2, -0.15) is 0 Å². The second kappa shape index (κ2) is 11.6. The summed E-state index contributed by atoms with van der Waals surface area (Å²) in [4.78, 5) is 0. The molecule has 0 aliphatic heterocycles. The summed E-state index contributed by atoms with van der Waals surface area (Å²) in [6.45, 7) is 9.21. The van der Waals surface area contributed by atoms with Gasteiger partial charge in [0, 0.05) is 37.6 Å². The first-order valence-electron chi connectivity index (χ1n) is 8.63. The zero-order valence-corrected chi connectivity index (χ0v) is 15.7. The van der Waals surface area contributed by atoms with E-state index in [9.17, 15) is 0 Å². The average Bonchev–Trinajstić information content (AvgIpc) is 2.56. The highest BCUT2D eigenvalue weighted by molar-refractivity contribution is 6.62. The third kappa shape index (κ3) is 6.61. The lowest BCUT2D eigenvalue weighted by atomic mass is 10.2. The molecule has 1 aromatic rings. The minimum atomic E-state index is -2.70. The number of hydrogen-bond acceptors (Lipinski definition) is 5. The molecule has 5 nitrogen and oxygen atoms in total. The molecule has 0 aromatic heterocycles. The summed E-state index contributed by atoms with van der Waals surface area (Å²) in [6, 6.07) is 10.2. The van der Waals surface area contributed by atoms with Crippen LogP contribution in [-0.2, 0) is 13.3 Å². The van der Waals surface area contributed by atoms with Gasteiger partial charge < -0.3 is 24.3 Å². The third-order valence-electron chi connectivity index (χ3n) is 3.65. The Kier molecular flexibility index (Phi) is 10.1. The molecule has 1 rings (SSSR count). The molecule has 1 unspecified atom stereocenters. The summed E-state index contributed by atoms with van der Waals surface area (Å²) < 4.78 is 18.1. The zero-order valence-electron chi connectivity index (χ0n) is 14.7. The number of para-hydroxylation sites is 1. The van der Waals surface area contributed by atoms with Crippen molar-refractivity contribution in [2.45, 2.75) is 39.2 Å². The van der Waals surface area contributed by atoms with Crippen molar-refractivity contribution in [3.05, 3.63) is 30.3 Å². The summed E-state index contributed by atoms with van der Waals surface area (Å²) in [5.41, 5.74) is 7.17. The highest BCUT2D eigenvalue weighted by atomic mass is 28.4. The Hall–Kier alpha value is -0.923. The van der Waals surface area contributed by atoms with Crippen LogP contribution in [-0.4, -0.2) is 41.7 Å². The number of hydrogen-bond donors (Lipinski definition) is 2. The van der Waals surface area contributed by atoms with Crippen LogP contribution in [0.15, 0.2) is 30.3 Å². The van der Waals surface area contributed by atoms with Crippen LogP contribution in [0.4, 0.5) is 5.69 Å². The molecule has 0 saturated heterocycles. The second-order valence-electron chi connectivity index (χ2n) is 5.26. The molecule has 0 fully saturated rings. The first kappa shape index (κ1) is 20.1. The van der Waals surface area contributed by atoms with Crippen LogP contribution in [0.5, 0.6) is 0 Å². The van der Waals surface area contributed by atoms with Crippen LogP contribution in [0.3, 0.4) is 0 Å². The summed E-state index contributed by atoms with van der Waals surface area (Å²) >= 11 is 0. The lowest BCUT2D eigenvalue weighted by Crippen LogP contribution is -2.51. The number of benzene rings is 1. The number of rotatable bonds is 13. The van der Waals surface area contributed by atoms with Crippen molar-refractivity contribution in [3.8, 4) is 0 Å². The Morgan fingerprint density at radius 1 is 0.957 bits per heavy atom. The van der Waals surface area contributed by atoms with Crippen molar-refractivity contribution in [2.24, 2.45) is 5.73 Å². The molecule has 1 atom stereocenters. The maximum atomic E-state index is 6.04. The van der Waals surface area contributed by atoms with Crippen molar-refractivity contribution < 1.29 is 13.3 Å². The van der Waals surface area contributed by atoms with Crippen LogP contribution >= 0.6 is 0 Å². The Morgan fingerprint density at radius 3 is 2.00 bits per heavy atom. The van der Waals surface area contributed by atoms with E-state index in [1.165, 1.54) is 0 Å². The Morgan fingerprint density at radius 2 is 1.52 bits per heavy atom. The van der Waals surface area contributed by atoms with Crippen LogP contribution in [0, 0.1) is 0 Å². The van der Waals surface area contributed by atoms with E-state index in [4.69, 9.17) is 19.0 Å². The topological polar surface area (TPSA) is 65.7 Å². The molecule has 3 N–H and O–H groups in total. The van der Waals surface area contributed by atoms with E-state index in [0.717, 1.165) is 25.1 Å². The van der Waals surface area contributed by atoms with Gasteiger partial charge in [0.05, 0.1) is 0 Å². The van der Waals surface area contributed by atoms with Crippen LogP contribution in [0.2, 0.25) is 5.54 Å². The Labute approximate surface area is 141 Å². The molecule has 0 spiro atoms. The molecular weight excluding hydrogens is 308 g/mol.